The first-order valence-electron chi connectivity index (χ1n) is 5.21. The molecule has 82 valence electrons. The van der Waals surface area contributed by atoms with Gasteiger partial charge in [0.15, 0.2) is 0 Å². The van der Waals surface area contributed by atoms with E-state index in [9.17, 15) is 0 Å². The SMILES string of the molecule is Clc1ccccc1-c1ccc(CCBr)cc1. The fourth-order valence-electron chi connectivity index (χ4n) is 1.66. The molecule has 0 unspecified atom stereocenters. The zero-order valence-corrected chi connectivity index (χ0v) is 11.1. The summed E-state index contributed by atoms with van der Waals surface area (Å²) < 4.78 is 0. The molecule has 0 radical (unpaired) electrons. The lowest BCUT2D eigenvalue weighted by atomic mass is 10.0. The van der Waals surface area contributed by atoms with Gasteiger partial charge in [-0.15, -0.1) is 0 Å². The maximum absolute atomic E-state index is 6.15. The number of benzene rings is 2. The molecule has 2 heteroatoms. The molecule has 2 rings (SSSR count). The molecule has 0 aliphatic heterocycles. The number of aryl methyl sites for hydroxylation is 1. The standard InChI is InChI=1S/C14H12BrCl/c15-10-9-11-5-7-12(8-6-11)13-3-1-2-4-14(13)16/h1-8H,9-10H2. The first kappa shape index (κ1) is 11.7. The van der Waals surface area contributed by atoms with Gasteiger partial charge in [0.05, 0.1) is 0 Å². The molecule has 2 aromatic carbocycles. The fourth-order valence-corrected chi connectivity index (χ4v) is 2.36. The van der Waals surface area contributed by atoms with Crippen LogP contribution in [0.15, 0.2) is 48.5 Å². The number of hydrogen-bond acceptors (Lipinski definition) is 0. The first-order valence-corrected chi connectivity index (χ1v) is 6.71. The summed E-state index contributed by atoms with van der Waals surface area (Å²) in [6.07, 6.45) is 1.06. The van der Waals surface area contributed by atoms with Crippen LogP contribution in [0.3, 0.4) is 0 Å². The first-order chi connectivity index (χ1) is 7.81. The molecular weight excluding hydrogens is 284 g/mol. The van der Waals surface area contributed by atoms with Crippen molar-refractivity contribution in [2.75, 3.05) is 5.33 Å². The third kappa shape index (κ3) is 2.66. The molecular formula is C14H12BrCl. The van der Waals surface area contributed by atoms with Crippen LogP contribution in [0.25, 0.3) is 11.1 Å². The van der Waals surface area contributed by atoms with Crippen LogP contribution in [-0.2, 0) is 6.42 Å². The smallest absolute Gasteiger partial charge is 0.0484 e. The molecule has 0 spiro atoms. The van der Waals surface area contributed by atoms with Crippen LogP contribution < -0.4 is 0 Å². The van der Waals surface area contributed by atoms with Gasteiger partial charge >= 0.3 is 0 Å². The lowest BCUT2D eigenvalue weighted by Crippen LogP contribution is -1.85. The summed E-state index contributed by atoms with van der Waals surface area (Å²) in [6, 6.07) is 16.5. The van der Waals surface area contributed by atoms with Crippen LogP contribution in [0.5, 0.6) is 0 Å². The predicted molar refractivity (Wildman–Crippen MR) is 74.4 cm³/mol. The van der Waals surface area contributed by atoms with Gasteiger partial charge in [0.25, 0.3) is 0 Å². The highest BCUT2D eigenvalue weighted by molar-refractivity contribution is 9.09. The van der Waals surface area contributed by atoms with E-state index < -0.39 is 0 Å². The Morgan fingerprint density at radius 3 is 2.25 bits per heavy atom. The minimum absolute atomic E-state index is 0.802. The molecule has 0 heterocycles. The van der Waals surface area contributed by atoms with E-state index in [2.05, 4.69) is 40.2 Å². The van der Waals surface area contributed by atoms with Crippen molar-refractivity contribution in [3.63, 3.8) is 0 Å². The van der Waals surface area contributed by atoms with Gasteiger partial charge in [-0.3, -0.25) is 0 Å². The zero-order valence-electron chi connectivity index (χ0n) is 8.79. The number of rotatable bonds is 3. The Labute approximate surface area is 109 Å². The number of alkyl halides is 1. The molecule has 0 aliphatic carbocycles. The maximum Gasteiger partial charge on any atom is 0.0484 e. The Morgan fingerprint density at radius 2 is 1.62 bits per heavy atom. The second kappa shape index (κ2) is 5.51. The van der Waals surface area contributed by atoms with Crippen molar-refractivity contribution in [1.29, 1.82) is 0 Å². The van der Waals surface area contributed by atoms with Crippen LogP contribution in [-0.4, -0.2) is 5.33 Å². The highest BCUT2D eigenvalue weighted by atomic mass is 79.9. The largest absolute Gasteiger partial charge is 0.0924 e. The third-order valence-corrected chi connectivity index (χ3v) is 3.25. The van der Waals surface area contributed by atoms with E-state index in [0.29, 0.717) is 0 Å². The number of halogens is 2. The van der Waals surface area contributed by atoms with E-state index in [1.807, 2.05) is 24.3 Å². The average molecular weight is 296 g/mol. The van der Waals surface area contributed by atoms with E-state index in [-0.39, 0.29) is 0 Å². The molecule has 0 amide bonds. The highest BCUT2D eigenvalue weighted by Crippen LogP contribution is 2.27. The summed E-state index contributed by atoms with van der Waals surface area (Å²) in [6.45, 7) is 0. The predicted octanol–water partition coefficient (Wildman–Crippen LogP) is 4.94. The van der Waals surface area contributed by atoms with Gasteiger partial charge < -0.3 is 0 Å². The summed E-state index contributed by atoms with van der Waals surface area (Å²) in [5.74, 6) is 0. The van der Waals surface area contributed by atoms with Gasteiger partial charge in [0.1, 0.15) is 0 Å². The molecule has 0 aromatic heterocycles. The van der Waals surface area contributed by atoms with Crippen molar-refractivity contribution in [3.05, 3.63) is 59.1 Å². The minimum atomic E-state index is 0.802. The lowest BCUT2D eigenvalue weighted by Gasteiger charge is -2.05. The van der Waals surface area contributed by atoms with Crippen LogP contribution >= 0.6 is 27.5 Å². The number of hydrogen-bond donors (Lipinski definition) is 0. The second-order valence-electron chi connectivity index (χ2n) is 3.62. The van der Waals surface area contributed by atoms with E-state index >= 15 is 0 Å². The van der Waals surface area contributed by atoms with Crippen molar-refractivity contribution in [2.45, 2.75) is 6.42 Å². The van der Waals surface area contributed by atoms with Crippen LogP contribution in [0.1, 0.15) is 5.56 Å². The van der Waals surface area contributed by atoms with E-state index in [4.69, 9.17) is 11.6 Å². The minimum Gasteiger partial charge on any atom is -0.0924 e. The van der Waals surface area contributed by atoms with Crippen molar-refractivity contribution in [3.8, 4) is 11.1 Å². The molecule has 0 N–H and O–H groups in total. The molecule has 0 bridgehead atoms. The maximum atomic E-state index is 6.15. The molecule has 0 atom stereocenters. The summed E-state index contributed by atoms with van der Waals surface area (Å²) in [4.78, 5) is 0. The van der Waals surface area contributed by atoms with Gasteiger partial charge in [0, 0.05) is 15.9 Å². The van der Waals surface area contributed by atoms with Gasteiger partial charge in [0.2, 0.25) is 0 Å². The fraction of sp³-hybridized carbons (Fsp3) is 0.143. The van der Waals surface area contributed by atoms with Crippen LogP contribution in [0.2, 0.25) is 5.02 Å². The summed E-state index contributed by atoms with van der Waals surface area (Å²) in [5, 5.41) is 1.80. The van der Waals surface area contributed by atoms with Crippen molar-refractivity contribution in [1.82, 2.24) is 0 Å². The van der Waals surface area contributed by atoms with Gasteiger partial charge in [-0.2, -0.15) is 0 Å². The van der Waals surface area contributed by atoms with E-state index in [1.54, 1.807) is 0 Å². The molecule has 0 nitrogen and oxygen atoms in total. The lowest BCUT2D eigenvalue weighted by molar-refractivity contribution is 1.17. The topological polar surface area (TPSA) is 0 Å². The summed E-state index contributed by atoms with van der Waals surface area (Å²) in [7, 11) is 0. The van der Waals surface area contributed by atoms with Gasteiger partial charge in [-0.25, -0.2) is 0 Å². The Hall–Kier alpha value is -0.790. The summed E-state index contributed by atoms with van der Waals surface area (Å²) >= 11 is 9.59. The molecule has 0 fully saturated rings. The average Bonchev–Trinajstić information content (AvgIpc) is 2.31. The Kier molecular flexibility index (Phi) is 4.03. The Balaban J connectivity index is 2.31. The monoisotopic (exact) mass is 294 g/mol. The third-order valence-electron chi connectivity index (χ3n) is 2.52. The molecule has 0 aliphatic rings. The summed E-state index contributed by atoms with van der Waals surface area (Å²) in [5.41, 5.74) is 3.60. The molecule has 0 saturated carbocycles. The van der Waals surface area contributed by atoms with Gasteiger partial charge in [-0.05, 0) is 23.6 Å². The van der Waals surface area contributed by atoms with Gasteiger partial charge in [-0.1, -0.05) is 70.0 Å². The van der Waals surface area contributed by atoms with Crippen molar-refractivity contribution in [2.24, 2.45) is 0 Å². The molecule has 0 saturated heterocycles. The Morgan fingerprint density at radius 1 is 0.938 bits per heavy atom. The van der Waals surface area contributed by atoms with E-state index in [0.717, 1.165) is 22.3 Å². The van der Waals surface area contributed by atoms with Crippen LogP contribution in [0, 0.1) is 0 Å². The van der Waals surface area contributed by atoms with E-state index in [1.165, 1.54) is 11.1 Å². The molecule has 2 aromatic rings. The Bertz CT molecular complexity index is 462. The highest BCUT2D eigenvalue weighted by Gasteiger charge is 2.01. The van der Waals surface area contributed by atoms with Crippen LogP contribution in [0.4, 0.5) is 0 Å². The molecule has 16 heavy (non-hydrogen) atoms. The van der Waals surface area contributed by atoms with Crippen molar-refractivity contribution < 1.29 is 0 Å². The zero-order chi connectivity index (χ0) is 11.4. The normalized spacial score (nSPS) is 10.4. The quantitative estimate of drug-likeness (QED) is 0.703. The second-order valence-corrected chi connectivity index (χ2v) is 4.82. The van der Waals surface area contributed by atoms with Crippen molar-refractivity contribution >= 4 is 27.5 Å².